The largest absolute Gasteiger partial charge is 0.497 e. The number of ether oxygens (including phenoxy) is 4. The van der Waals surface area contributed by atoms with Gasteiger partial charge in [0.25, 0.3) is 0 Å². The van der Waals surface area contributed by atoms with Crippen LogP contribution in [0.4, 0.5) is 5.69 Å². The van der Waals surface area contributed by atoms with E-state index in [0.29, 0.717) is 41.2 Å². The summed E-state index contributed by atoms with van der Waals surface area (Å²) >= 11 is 0. The van der Waals surface area contributed by atoms with Gasteiger partial charge < -0.3 is 24.3 Å². The molecule has 1 amide bonds. The molecule has 0 saturated heterocycles. The van der Waals surface area contributed by atoms with Gasteiger partial charge in [0.1, 0.15) is 11.5 Å². The fourth-order valence-corrected chi connectivity index (χ4v) is 2.40. The van der Waals surface area contributed by atoms with E-state index >= 15 is 0 Å². The summed E-state index contributed by atoms with van der Waals surface area (Å²) in [5, 5.41) is 2.79. The van der Waals surface area contributed by atoms with Crippen LogP contribution in [0.1, 0.15) is 19.4 Å². The van der Waals surface area contributed by atoms with Crippen LogP contribution in [0.3, 0.4) is 0 Å². The van der Waals surface area contributed by atoms with Crippen LogP contribution in [0, 0.1) is 5.92 Å². The quantitative estimate of drug-likeness (QED) is 0.648. The number of hydrogen-bond acceptors (Lipinski definition) is 5. The molecule has 6 heteroatoms. The Morgan fingerprint density at radius 2 is 1.64 bits per heavy atom. The minimum absolute atomic E-state index is 0.269. The minimum atomic E-state index is -0.269. The number of amides is 1. The molecule has 0 aliphatic heterocycles. The summed E-state index contributed by atoms with van der Waals surface area (Å²) in [6, 6.07) is 10.7. The highest BCUT2D eigenvalue weighted by Gasteiger charge is 2.07. The molecular formula is C22H27NO5. The first-order chi connectivity index (χ1) is 13.4. The van der Waals surface area contributed by atoms with E-state index in [0.717, 1.165) is 5.56 Å². The maximum absolute atomic E-state index is 12.2. The Hall–Kier alpha value is -3.15. The first kappa shape index (κ1) is 21.2. The van der Waals surface area contributed by atoms with Crippen molar-refractivity contribution in [1.29, 1.82) is 0 Å². The molecule has 2 aromatic carbocycles. The molecule has 0 bridgehead atoms. The van der Waals surface area contributed by atoms with E-state index in [4.69, 9.17) is 18.9 Å². The zero-order valence-electron chi connectivity index (χ0n) is 16.9. The summed E-state index contributed by atoms with van der Waals surface area (Å²) < 4.78 is 21.5. The molecule has 2 aromatic rings. The van der Waals surface area contributed by atoms with E-state index in [2.05, 4.69) is 19.2 Å². The molecule has 0 unspecified atom stereocenters. The standard InChI is InChI=1S/C22H27NO5/c1-15(2)14-28-20-8-6-16(10-21(20)27-5)7-9-22(24)23-17-11-18(25-3)13-19(12-17)26-4/h6-13,15H,14H2,1-5H3,(H,23,24)/b9-7+. The van der Waals surface area contributed by atoms with Crippen LogP contribution in [0.5, 0.6) is 23.0 Å². The molecular weight excluding hydrogens is 358 g/mol. The molecule has 6 nitrogen and oxygen atoms in total. The van der Waals surface area contributed by atoms with E-state index in [9.17, 15) is 4.79 Å². The SMILES string of the molecule is COc1cc(NC(=O)/C=C/c2ccc(OCC(C)C)c(OC)c2)cc(OC)c1. The molecule has 0 aromatic heterocycles. The third kappa shape index (κ3) is 6.23. The molecule has 2 rings (SSSR count). The van der Waals surface area contributed by atoms with Crippen LogP contribution >= 0.6 is 0 Å². The van der Waals surface area contributed by atoms with Crippen LogP contribution in [-0.4, -0.2) is 33.8 Å². The van der Waals surface area contributed by atoms with Gasteiger partial charge in [-0.25, -0.2) is 0 Å². The lowest BCUT2D eigenvalue weighted by Crippen LogP contribution is -2.08. The number of carbonyl (C=O) groups excluding carboxylic acids is 1. The first-order valence-electron chi connectivity index (χ1n) is 8.98. The van der Waals surface area contributed by atoms with Gasteiger partial charge in [-0.05, 0) is 29.7 Å². The van der Waals surface area contributed by atoms with Crippen molar-refractivity contribution in [3.8, 4) is 23.0 Å². The number of carbonyl (C=O) groups is 1. The smallest absolute Gasteiger partial charge is 0.248 e. The average Bonchev–Trinajstić information content (AvgIpc) is 2.70. The first-order valence-corrected chi connectivity index (χ1v) is 8.98. The number of hydrogen-bond donors (Lipinski definition) is 1. The average molecular weight is 385 g/mol. The van der Waals surface area contributed by atoms with Crippen molar-refractivity contribution in [1.82, 2.24) is 0 Å². The van der Waals surface area contributed by atoms with E-state index in [-0.39, 0.29) is 5.91 Å². The Morgan fingerprint density at radius 3 is 2.21 bits per heavy atom. The van der Waals surface area contributed by atoms with Crippen LogP contribution in [-0.2, 0) is 4.79 Å². The molecule has 0 aliphatic rings. The molecule has 0 heterocycles. The second-order valence-electron chi connectivity index (χ2n) is 6.54. The van der Waals surface area contributed by atoms with E-state index in [1.807, 2.05) is 18.2 Å². The van der Waals surface area contributed by atoms with Crippen LogP contribution in [0.15, 0.2) is 42.5 Å². The van der Waals surface area contributed by atoms with Gasteiger partial charge in [-0.2, -0.15) is 0 Å². The van der Waals surface area contributed by atoms with Gasteiger partial charge in [0.15, 0.2) is 11.5 Å². The number of rotatable bonds is 9. The second kappa shape index (κ2) is 10.3. The van der Waals surface area contributed by atoms with Gasteiger partial charge in [0.05, 0.1) is 27.9 Å². The molecule has 1 N–H and O–H groups in total. The molecule has 28 heavy (non-hydrogen) atoms. The summed E-state index contributed by atoms with van der Waals surface area (Å²) in [7, 11) is 4.71. The van der Waals surface area contributed by atoms with Crippen LogP contribution in [0.2, 0.25) is 0 Å². The van der Waals surface area contributed by atoms with E-state index in [1.54, 1.807) is 45.6 Å². The Kier molecular flexibility index (Phi) is 7.75. The summed E-state index contributed by atoms with van der Waals surface area (Å²) in [6.45, 7) is 4.78. The molecule has 0 saturated carbocycles. The summed E-state index contributed by atoms with van der Waals surface area (Å²) in [4.78, 5) is 12.2. The Balaban J connectivity index is 2.07. The second-order valence-corrected chi connectivity index (χ2v) is 6.54. The van der Waals surface area contributed by atoms with Crippen molar-refractivity contribution in [3.05, 3.63) is 48.0 Å². The van der Waals surface area contributed by atoms with Gasteiger partial charge >= 0.3 is 0 Å². The van der Waals surface area contributed by atoms with Crippen molar-refractivity contribution in [3.63, 3.8) is 0 Å². The van der Waals surface area contributed by atoms with Gasteiger partial charge in [-0.1, -0.05) is 19.9 Å². The normalized spacial score (nSPS) is 10.8. The van der Waals surface area contributed by atoms with Crippen molar-refractivity contribution in [2.24, 2.45) is 5.92 Å². The molecule has 0 radical (unpaired) electrons. The zero-order valence-corrected chi connectivity index (χ0v) is 16.9. The molecule has 0 spiro atoms. The summed E-state index contributed by atoms with van der Waals surface area (Å²) in [5.74, 6) is 2.65. The molecule has 0 atom stereocenters. The number of anilines is 1. The lowest BCUT2D eigenvalue weighted by molar-refractivity contribution is -0.111. The topological polar surface area (TPSA) is 66.0 Å². The predicted molar refractivity (Wildman–Crippen MR) is 111 cm³/mol. The Morgan fingerprint density at radius 1 is 0.964 bits per heavy atom. The maximum Gasteiger partial charge on any atom is 0.248 e. The van der Waals surface area contributed by atoms with Crippen LogP contribution in [0.25, 0.3) is 6.08 Å². The predicted octanol–water partition coefficient (Wildman–Crippen LogP) is 4.40. The van der Waals surface area contributed by atoms with Gasteiger partial charge in [0.2, 0.25) is 5.91 Å². The monoisotopic (exact) mass is 385 g/mol. The summed E-state index contributed by atoms with van der Waals surface area (Å²) in [6.07, 6.45) is 3.16. The Bertz CT molecular complexity index is 807. The molecule has 0 fully saturated rings. The fraction of sp³-hybridized carbons (Fsp3) is 0.318. The van der Waals surface area contributed by atoms with Gasteiger partial charge in [0, 0.05) is 30.0 Å². The maximum atomic E-state index is 12.2. The molecule has 0 aliphatic carbocycles. The highest BCUT2D eigenvalue weighted by Crippen LogP contribution is 2.29. The third-order valence-corrected chi connectivity index (χ3v) is 3.81. The van der Waals surface area contributed by atoms with Crippen molar-refractivity contribution in [2.45, 2.75) is 13.8 Å². The van der Waals surface area contributed by atoms with E-state index < -0.39 is 0 Å². The van der Waals surface area contributed by atoms with Gasteiger partial charge in [-0.15, -0.1) is 0 Å². The zero-order chi connectivity index (χ0) is 20.5. The third-order valence-electron chi connectivity index (χ3n) is 3.81. The number of benzene rings is 2. The lowest BCUT2D eigenvalue weighted by Gasteiger charge is -2.12. The highest BCUT2D eigenvalue weighted by atomic mass is 16.5. The number of nitrogens with one attached hydrogen (secondary N) is 1. The van der Waals surface area contributed by atoms with Crippen molar-refractivity contribution >= 4 is 17.7 Å². The van der Waals surface area contributed by atoms with Crippen molar-refractivity contribution < 1.29 is 23.7 Å². The van der Waals surface area contributed by atoms with Gasteiger partial charge in [-0.3, -0.25) is 4.79 Å². The lowest BCUT2D eigenvalue weighted by atomic mass is 10.2. The number of methoxy groups -OCH3 is 3. The Labute approximate surface area is 166 Å². The van der Waals surface area contributed by atoms with Crippen molar-refractivity contribution in [2.75, 3.05) is 33.3 Å². The van der Waals surface area contributed by atoms with Crippen LogP contribution < -0.4 is 24.3 Å². The summed E-state index contributed by atoms with van der Waals surface area (Å²) in [5.41, 5.74) is 1.41. The van der Waals surface area contributed by atoms with E-state index in [1.165, 1.54) is 6.08 Å². The molecule has 150 valence electrons. The fourth-order valence-electron chi connectivity index (χ4n) is 2.40. The minimum Gasteiger partial charge on any atom is -0.497 e. The highest BCUT2D eigenvalue weighted by molar-refractivity contribution is 6.02.